The number of benzene rings is 1. The Morgan fingerprint density at radius 3 is 2.50 bits per heavy atom. The van der Waals surface area contributed by atoms with Crippen molar-refractivity contribution < 1.29 is 0 Å². The Balaban J connectivity index is 2.40. The molecule has 2 aromatic rings. The topological polar surface area (TPSA) is 38.9 Å². The van der Waals surface area contributed by atoms with E-state index in [0.717, 1.165) is 5.56 Å². The zero-order valence-corrected chi connectivity index (χ0v) is 9.64. The van der Waals surface area contributed by atoms with E-state index in [1.807, 2.05) is 18.3 Å². The third kappa shape index (κ3) is 2.22. The standard InChI is InChI=1S/C14H16N2/c1-10(2)11-4-3-5-12(8-11)13-6-7-14(15)16-9-13/h3-10H,1-2H3,(H2,15,16). The lowest BCUT2D eigenvalue weighted by Crippen LogP contribution is -1.90. The zero-order chi connectivity index (χ0) is 11.5. The van der Waals surface area contributed by atoms with Gasteiger partial charge < -0.3 is 5.73 Å². The van der Waals surface area contributed by atoms with Crippen molar-refractivity contribution in [3.05, 3.63) is 48.2 Å². The van der Waals surface area contributed by atoms with Crippen molar-refractivity contribution in [3.8, 4) is 11.1 Å². The van der Waals surface area contributed by atoms with Gasteiger partial charge in [-0.3, -0.25) is 0 Å². The summed E-state index contributed by atoms with van der Waals surface area (Å²) in [7, 11) is 0. The molecule has 0 aliphatic rings. The van der Waals surface area contributed by atoms with Crippen molar-refractivity contribution in [2.24, 2.45) is 0 Å². The summed E-state index contributed by atoms with van der Waals surface area (Å²) in [5, 5.41) is 0. The molecule has 16 heavy (non-hydrogen) atoms. The summed E-state index contributed by atoms with van der Waals surface area (Å²) in [6, 6.07) is 12.4. The zero-order valence-electron chi connectivity index (χ0n) is 9.64. The Kier molecular flexibility index (Phi) is 2.91. The smallest absolute Gasteiger partial charge is 0.123 e. The van der Waals surface area contributed by atoms with Crippen molar-refractivity contribution in [2.45, 2.75) is 19.8 Å². The van der Waals surface area contributed by atoms with Gasteiger partial charge in [-0.2, -0.15) is 0 Å². The second-order valence-corrected chi connectivity index (χ2v) is 4.25. The molecule has 2 nitrogen and oxygen atoms in total. The highest BCUT2D eigenvalue weighted by Crippen LogP contribution is 2.23. The minimum Gasteiger partial charge on any atom is -0.384 e. The summed E-state index contributed by atoms with van der Waals surface area (Å²) in [6.45, 7) is 4.39. The summed E-state index contributed by atoms with van der Waals surface area (Å²) in [5.41, 5.74) is 9.22. The van der Waals surface area contributed by atoms with Gasteiger partial charge in [-0.05, 0) is 29.2 Å². The number of aromatic nitrogens is 1. The molecule has 0 aliphatic carbocycles. The molecular formula is C14H16N2. The molecule has 0 fully saturated rings. The average Bonchev–Trinajstić information content (AvgIpc) is 2.30. The van der Waals surface area contributed by atoms with Gasteiger partial charge in [0.1, 0.15) is 5.82 Å². The molecular weight excluding hydrogens is 196 g/mol. The van der Waals surface area contributed by atoms with Crippen molar-refractivity contribution in [3.63, 3.8) is 0 Å². The predicted octanol–water partition coefficient (Wildman–Crippen LogP) is 3.45. The van der Waals surface area contributed by atoms with E-state index in [1.54, 1.807) is 0 Å². The first-order valence-corrected chi connectivity index (χ1v) is 5.48. The van der Waals surface area contributed by atoms with Gasteiger partial charge in [0.25, 0.3) is 0 Å². The van der Waals surface area contributed by atoms with Gasteiger partial charge in [-0.15, -0.1) is 0 Å². The molecule has 0 amide bonds. The lowest BCUT2D eigenvalue weighted by Gasteiger charge is -2.08. The number of rotatable bonds is 2. The van der Waals surface area contributed by atoms with Crippen LogP contribution < -0.4 is 5.73 Å². The first-order valence-electron chi connectivity index (χ1n) is 5.48. The van der Waals surface area contributed by atoms with Crippen LogP contribution in [0, 0.1) is 0 Å². The molecule has 2 N–H and O–H groups in total. The third-order valence-corrected chi connectivity index (χ3v) is 2.67. The Labute approximate surface area is 96.1 Å². The molecule has 0 saturated carbocycles. The monoisotopic (exact) mass is 212 g/mol. The molecule has 1 heterocycles. The van der Waals surface area contributed by atoms with Crippen LogP contribution in [0.15, 0.2) is 42.6 Å². The van der Waals surface area contributed by atoms with E-state index in [9.17, 15) is 0 Å². The van der Waals surface area contributed by atoms with E-state index < -0.39 is 0 Å². The quantitative estimate of drug-likeness (QED) is 0.828. The van der Waals surface area contributed by atoms with Gasteiger partial charge in [-0.25, -0.2) is 4.98 Å². The summed E-state index contributed by atoms with van der Waals surface area (Å²) in [5.74, 6) is 1.10. The van der Waals surface area contributed by atoms with Crippen LogP contribution in [0.25, 0.3) is 11.1 Å². The van der Waals surface area contributed by atoms with Crippen molar-refractivity contribution in [2.75, 3.05) is 5.73 Å². The number of nitrogens with zero attached hydrogens (tertiary/aromatic N) is 1. The van der Waals surface area contributed by atoms with Gasteiger partial charge in [0.05, 0.1) is 0 Å². The van der Waals surface area contributed by atoms with Crippen LogP contribution in [0.4, 0.5) is 5.82 Å². The van der Waals surface area contributed by atoms with Crippen LogP contribution >= 0.6 is 0 Å². The number of hydrogen-bond acceptors (Lipinski definition) is 2. The molecule has 0 radical (unpaired) electrons. The highest BCUT2D eigenvalue weighted by Gasteiger charge is 2.02. The molecule has 2 heteroatoms. The lowest BCUT2D eigenvalue weighted by molar-refractivity contribution is 0.867. The average molecular weight is 212 g/mol. The van der Waals surface area contributed by atoms with Gasteiger partial charge in [0.2, 0.25) is 0 Å². The highest BCUT2D eigenvalue weighted by molar-refractivity contribution is 5.64. The second-order valence-electron chi connectivity index (χ2n) is 4.25. The Morgan fingerprint density at radius 1 is 1.06 bits per heavy atom. The SMILES string of the molecule is CC(C)c1cccc(-c2ccc(N)nc2)c1. The number of hydrogen-bond donors (Lipinski definition) is 1. The third-order valence-electron chi connectivity index (χ3n) is 2.67. The van der Waals surface area contributed by atoms with E-state index >= 15 is 0 Å². The van der Waals surface area contributed by atoms with Crippen LogP contribution in [0.2, 0.25) is 0 Å². The molecule has 0 saturated heterocycles. The number of nitrogens with two attached hydrogens (primary N) is 1. The number of anilines is 1. The van der Waals surface area contributed by atoms with Crippen molar-refractivity contribution in [1.82, 2.24) is 4.98 Å². The molecule has 0 atom stereocenters. The van der Waals surface area contributed by atoms with E-state index in [0.29, 0.717) is 11.7 Å². The Bertz CT molecular complexity index is 472. The summed E-state index contributed by atoms with van der Waals surface area (Å²) in [6.07, 6.45) is 1.81. The molecule has 82 valence electrons. The molecule has 0 aliphatic heterocycles. The van der Waals surface area contributed by atoms with E-state index in [-0.39, 0.29) is 0 Å². The second kappa shape index (κ2) is 4.35. The van der Waals surface area contributed by atoms with E-state index in [1.165, 1.54) is 11.1 Å². The van der Waals surface area contributed by atoms with E-state index in [4.69, 9.17) is 5.73 Å². The summed E-state index contributed by atoms with van der Waals surface area (Å²) < 4.78 is 0. The van der Waals surface area contributed by atoms with Gasteiger partial charge in [0.15, 0.2) is 0 Å². The minimum atomic E-state index is 0.543. The maximum Gasteiger partial charge on any atom is 0.123 e. The van der Waals surface area contributed by atoms with Gasteiger partial charge in [0, 0.05) is 11.8 Å². The van der Waals surface area contributed by atoms with E-state index in [2.05, 4.69) is 43.1 Å². The van der Waals surface area contributed by atoms with Crippen LogP contribution in [0.5, 0.6) is 0 Å². The first-order chi connectivity index (χ1) is 7.66. The van der Waals surface area contributed by atoms with Gasteiger partial charge >= 0.3 is 0 Å². The maximum absolute atomic E-state index is 5.57. The van der Waals surface area contributed by atoms with Crippen LogP contribution in [0.3, 0.4) is 0 Å². The maximum atomic E-state index is 5.57. The minimum absolute atomic E-state index is 0.543. The Hall–Kier alpha value is -1.83. The normalized spacial score (nSPS) is 10.7. The fourth-order valence-corrected chi connectivity index (χ4v) is 1.65. The fraction of sp³-hybridized carbons (Fsp3) is 0.214. The molecule has 2 rings (SSSR count). The van der Waals surface area contributed by atoms with Crippen LogP contribution in [-0.2, 0) is 0 Å². The molecule has 0 bridgehead atoms. The largest absolute Gasteiger partial charge is 0.384 e. The molecule has 1 aromatic heterocycles. The molecule has 1 aromatic carbocycles. The van der Waals surface area contributed by atoms with Gasteiger partial charge in [-0.1, -0.05) is 38.1 Å². The van der Waals surface area contributed by atoms with Crippen molar-refractivity contribution in [1.29, 1.82) is 0 Å². The molecule has 0 spiro atoms. The predicted molar refractivity (Wildman–Crippen MR) is 68.2 cm³/mol. The number of pyridine rings is 1. The Morgan fingerprint density at radius 2 is 1.88 bits per heavy atom. The highest BCUT2D eigenvalue weighted by atomic mass is 14.8. The van der Waals surface area contributed by atoms with Crippen LogP contribution in [-0.4, -0.2) is 4.98 Å². The van der Waals surface area contributed by atoms with Crippen LogP contribution in [0.1, 0.15) is 25.3 Å². The fourth-order valence-electron chi connectivity index (χ4n) is 1.65. The molecule has 0 unspecified atom stereocenters. The summed E-state index contributed by atoms with van der Waals surface area (Å²) >= 11 is 0. The lowest BCUT2D eigenvalue weighted by atomic mass is 9.98. The number of nitrogen functional groups attached to an aromatic ring is 1. The summed E-state index contributed by atoms with van der Waals surface area (Å²) in [4.78, 5) is 4.11. The van der Waals surface area contributed by atoms with Crippen molar-refractivity contribution >= 4 is 5.82 Å². The first kappa shape index (κ1) is 10.7.